The number of alkyl halides is 2. The Morgan fingerprint density at radius 3 is 2.63 bits per heavy atom. The van der Waals surface area contributed by atoms with E-state index in [-0.39, 0.29) is 24.4 Å². The van der Waals surface area contributed by atoms with Crippen molar-refractivity contribution in [1.29, 1.82) is 0 Å². The molecule has 0 radical (unpaired) electrons. The van der Waals surface area contributed by atoms with Crippen LogP contribution in [0.1, 0.15) is 33.1 Å². The number of amides is 1. The van der Waals surface area contributed by atoms with Gasteiger partial charge in [-0.1, -0.05) is 13.8 Å². The lowest BCUT2D eigenvalue weighted by Crippen LogP contribution is -2.54. The zero-order valence-corrected chi connectivity index (χ0v) is 11.6. The number of hydrogen-bond donors (Lipinski definition) is 2. The molecule has 3 atom stereocenters. The van der Waals surface area contributed by atoms with E-state index in [9.17, 15) is 18.7 Å². The Hall–Kier alpha value is -0.750. The molecule has 1 aliphatic rings. The summed E-state index contributed by atoms with van der Waals surface area (Å²) < 4.78 is 24.5. The highest BCUT2D eigenvalue weighted by Gasteiger charge is 2.32. The lowest BCUT2D eigenvalue weighted by molar-refractivity contribution is -0.134. The summed E-state index contributed by atoms with van der Waals surface area (Å²) in [5.41, 5.74) is 0. The molecule has 6 heteroatoms. The Balaban J connectivity index is 2.63. The molecule has 0 saturated carbocycles. The standard InChI is InChI=1S/C13H24F2N2O2/c1-3-11(18)9-5-10(16-6-12(14)15)8-17(7-9)13(19)4-2/h9-12,16,18H,3-8H2,1-2H3. The van der Waals surface area contributed by atoms with Crippen molar-refractivity contribution in [1.82, 2.24) is 10.2 Å². The van der Waals surface area contributed by atoms with Gasteiger partial charge in [0.05, 0.1) is 12.6 Å². The van der Waals surface area contributed by atoms with Crippen LogP contribution in [0, 0.1) is 5.92 Å². The molecular formula is C13H24F2N2O2. The molecule has 0 spiro atoms. The Morgan fingerprint density at radius 1 is 1.42 bits per heavy atom. The van der Waals surface area contributed by atoms with Gasteiger partial charge in [-0.15, -0.1) is 0 Å². The van der Waals surface area contributed by atoms with Crippen LogP contribution in [0.25, 0.3) is 0 Å². The fourth-order valence-electron chi connectivity index (χ4n) is 2.58. The van der Waals surface area contributed by atoms with Crippen LogP contribution in [-0.2, 0) is 4.79 Å². The molecular weight excluding hydrogens is 254 g/mol. The van der Waals surface area contributed by atoms with Crippen molar-refractivity contribution in [3.63, 3.8) is 0 Å². The van der Waals surface area contributed by atoms with Gasteiger partial charge in [-0.3, -0.25) is 4.79 Å². The van der Waals surface area contributed by atoms with Crippen molar-refractivity contribution in [2.45, 2.75) is 51.7 Å². The number of aliphatic hydroxyl groups excluding tert-OH is 1. The van der Waals surface area contributed by atoms with Gasteiger partial charge in [0.25, 0.3) is 6.43 Å². The van der Waals surface area contributed by atoms with Crippen molar-refractivity contribution in [2.24, 2.45) is 5.92 Å². The minimum absolute atomic E-state index is 0.0110. The zero-order valence-electron chi connectivity index (χ0n) is 11.6. The molecule has 1 aliphatic heterocycles. The highest BCUT2D eigenvalue weighted by atomic mass is 19.3. The summed E-state index contributed by atoms with van der Waals surface area (Å²) in [6.07, 6.45) is -1.23. The number of carbonyl (C=O) groups excluding carboxylic acids is 1. The maximum absolute atomic E-state index is 12.2. The Kier molecular flexibility index (Phi) is 6.65. The number of aliphatic hydroxyl groups is 1. The van der Waals surface area contributed by atoms with E-state index < -0.39 is 12.5 Å². The van der Waals surface area contributed by atoms with E-state index >= 15 is 0 Å². The number of likely N-dealkylation sites (tertiary alicyclic amines) is 1. The molecule has 0 bridgehead atoms. The Bertz CT molecular complexity index is 290. The zero-order chi connectivity index (χ0) is 14.4. The molecule has 1 saturated heterocycles. The van der Waals surface area contributed by atoms with E-state index in [1.165, 1.54) is 0 Å². The van der Waals surface area contributed by atoms with Gasteiger partial charge in [-0.25, -0.2) is 8.78 Å². The number of nitrogens with zero attached hydrogens (tertiary/aromatic N) is 1. The third kappa shape index (κ3) is 5.03. The van der Waals surface area contributed by atoms with Crippen LogP contribution in [0.3, 0.4) is 0 Å². The van der Waals surface area contributed by atoms with Crippen LogP contribution in [0.15, 0.2) is 0 Å². The molecule has 2 N–H and O–H groups in total. The van der Waals surface area contributed by atoms with Crippen LogP contribution >= 0.6 is 0 Å². The molecule has 0 aromatic rings. The van der Waals surface area contributed by atoms with E-state index in [1.54, 1.807) is 11.8 Å². The predicted octanol–water partition coefficient (Wildman–Crippen LogP) is 1.24. The molecule has 0 aliphatic carbocycles. The third-order valence-electron chi connectivity index (χ3n) is 3.66. The fourth-order valence-corrected chi connectivity index (χ4v) is 2.58. The van der Waals surface area contributed by atoms with Crippen molar-refractivity contribution in [3.8, 4) is 0 Å². The van der Waals surface area contributed by atoms with Crippen molar-refractivity contribution in [3.05, 3.63) is 0 Å². The predicted molar refractivity (Wildman–Crippen MR) is 69.1 cm³/mol. The maximum Gasteiger partial charge on any atom is 0.250 e. The van der Waals surface area contributed by atoms with Gasteiger partial charge < -0.3 is 15.3 Å². The van der Waals surface area contributed by atoms with E-state index in [0.717, 1.165) is 0 Å². The number of nitrogens with one attached hydrogen (secondary N) is 1. The van der Waals surface area contributed by atoms with Gasteiger partial charge in [0, 0.05) is 31.5 Å². The summed E-state index contributed by atoms with van der Waals surface area (Å²) in [5.74, 6) is -0.0266. The molecule has 3 unspecified atom stereocenters. The van der Waals surface area contributed by atoms with Gasteiger partial charge in [-0.05, 0) is 12.8 Å². The first kappa shape index (κ1) is 16.3. The largest absolute Gasteiger partial charge is 0.393 e. The summed E-state index contributed by atoms with van der Waals surface area (Å²) in [5, 5.41) is 12.7. The van der Waals surface area contributed by atoms with Crippen LogP contribution in [0.5, 0.6) is 0 Å². The molecule has 1 heterocycles. The summed E-state index contributed by atoms with van der Waals surface area (Å²) >= 11 is 0. The van der Waals surface area contributed by atoms with Crippen LogP contribution in [0.4, 0.5) is 8.78 Å². The maximum atomic E-state index is 12.2. The molecule has 1 fully saturated rings. The van der Waals surface area contributed by atoms with E-state index in [4.69, 9.17) is 0 Å². The first-order valence-electron chi connectivity index (χ1n) is 6.95. The first-order chi connectivity index (χ1) is 8.97. The molecule has 0 aromatic heterocycles. The Labute approximate surface area is 113 Å². The second-order valence-corrected chi connectivity index (χ2v) is 5.12. The van der Waals surface area contributed by atoms with Gasteiger partial charge in [0.1, 0.15) is 0 Å². The van der Waals surface area contributed by atoms with Gasteiger partial charge in [0.15, 0.2) is 0 Å². The quantitative estimate of drug-likeness (QED) is 0.768. The first-order valence-corrected chi connectivity index (χ1v) is 6.95. The van der Waals surface area contributed by atoms with Crippen LogP contribution < -0.4 is 5.32 Å². The van der Waals surface area contributed by atoms with E-state index in [0.29, 0.717) is 32.4 Å². The van der Waals surface area contributed by atoms with E-state index in [1.807, 2.05) is 6.92 Å². The summed E-state index contributed by atoms with van der Waals surface area (Å²) in [7, 11) is 0. The van der Waals surface area contributed by atoms with Crippen molar-refractivity contribution >= 4 is 5.91 Å². The second kappa shape index (κ2) is 7.75. The number of hydrogen-bond acceptors (Lipinski definition) is 3. The minimum atomic E-state index is -2.40. The molecule has 19 heavy (non-hydrogen) atoms. The lowest BCUT2D eigenvalue weighted by Gasteiger charge is -2.40. The summed E-state index contributed by atoms with van der Waals surface area (Å²) in [4.78, 5) is 13.5. The molecule has 112 valence electrons. The number of halogens is 2. The fraction of sp³-hybridized carbons (Fsp3) is 0.923. The highest BCUT2D eigenvalue weighted by molar-refractivity contribution is 5.76. The number of piperidine rings is 1. The summed E-state index contributed by atoms with van der Waals surface area (Å²) in [6.45, 7) is 4.27. The topological polar surface area (TPSA) is 52.6 Å². The minimum Gasteiger partial charge on any atom is -0.393 e. The van der Waals surface area contributed by atoms with Crippen LogP contribution in [0.2, 0.25) is 0 Å². The normalized spacial score (nSPS) is 25.7. The average molecular weight is 278 g/mol. The average Bonchev–Trinajstić information content (AvgIpc) is 2.42. The number of carbonyl (C=O) groups is 1. The van der Waals surface area contributed by atoms with Crippen LogP contribution in [-0.4, -0.2) is 54.1 Å². The van der Waals surface area contributed by atoms with Crippen molar-refractivity contribution < 1.29 is 18.7 Å². The number of rotatable bonds is 6. The molecule has 1 rings (SSSR count). The molecule has 1 amide bonds. The monoisotopic (exact) mass is 278 g/mol. The SMILES string of the molecule is CCC(=O)N1CC(NCC(F)F)CC(C(O)CC)C1. The molecule has 4 nitrogen and oxygen atoms in total. The Morgan fingerprint density at radius 2 is 2.11 bits per heavy atom. The smallest absolute Gasteiger partial charge is 0.250 e. The van der Waals surface area contributed by atoms with Gasteiger partial charge in [0.2, 0.25) is 5.91 Å². The second-order valence-electron chi connectivity index (χ2n) is 5.12. The van der Waals surface area contributed by atoms with E-state index in [2.05, 4.69) is 5.32 Å². The van der Waals surface area contributed by atoms with Crippen molar-refractivity contribution in [2.75, 3.05) is 19.6 Å². The van der Waals surface area contributed by atoms with Gasteiger partial charge >= 0.3 is 0 Å². The lowest BCUT2D eigenvalue weighted by atomic mass is 9.88. The third-order valence-corrected chi connectivity index (χ3v) is 3.66. The highest BCUT2D eigenvalue weighted by Crippen LogP contribution is 2.22. The molecule has 0 aromatic carbocycles. The summed E-state index contributed by atoms with van der Waals surface area (Å²) in [6, 6.07) is -0.163. The van der Waals surface area contributed by atoms with Gasteiger partial charge in [-0.2, -0.15) is 0 Å².